The summed E-state index contributed by atoms with van der Waals surface area (Å²) in [6.07, 6.45) is -5.25. The zero-order chi connectivity index (χ0) is 35.6. The molecule has 3 aliphatic rings. The van der Waals surface area contributed by atoms with Gasteiger partial charge in [0, 0.05) is 43.3 Å². The minimum absolute atomic E-state index is 0.0690. The Kier molecular flexibility index (Phi) is 10.7. The van der Waals surface area contributed by atoms with Crippen LogP contribution in [0.15, 0.2) is 60.7 Å². The fourth-order valence-corrected chi connectivity index (χ4v) is 7.11. The average molecular weight is 698 g/mol. The molecule has 3 aliphatic heterocycles. The van der Waals surface area contributed by atoms with Gasteiger partial charge < -0.3 is 34.3 Å². The maximum absolute atomic E-state index is 13.2. The Hall–Kier alpha value is -4.17. The summed E-state index contributed by atoms with van der Waals surface area (Å²) in [5.74, 6) is -1.39. The van der Waals surface area contributed by atoms with Crippen LogP contribution in [0.3, 0.4) is 0 Å². The first kappa shape index (κ1) is 35.6. The number of hydrogen-bond acceptors (Lipinski definition) is 8. The summed E-state index contributed by atoms with van der Waals surface area (Å²) in [4.78, 5) is 28.0. The van der Waals surface area contributed by atoms with Gasteiger partial charge in [0.25, 0.3) is 0 Å². The molecule has 2 saturated heterocycles. The molecule has 0 radical (unpaired) electrons. The predicted octanol–water partition coefficient (Wildman–Crippen LogP) is 5.54. The quantitative estimate of drug-likeness (QED) is 0.300. The first-order valence-electron chi connectivity index (χ1n) is 16.7. The fourth-order valence-electron chi connectivity index (χ4n) is 7.11. The number of alkyl halides is 3. The first-order chi connectivity index (χ1) is 24.0. The van der Waals surface area contributed by atoms with Crippen molar-refractivity contribution in [2.24, 2.45) is 5.92 Å². The summed E-state index contributed by atoms with van der Waals surface area (Å²) in [7, 11) is 3.25. The predicted molar refractivity (Wildman–Crippen MR) is 177 cm³/mol. The van der Waals surface area contributed by atoms with Crippen LogP contribution in [-0.4, -0.2) is 78.9 Å². The zero-order valence-corrected chi connectivity index (χ0v) is 28.2. The third kappa shape index (κ3) is 7.60. The summed E-state index contributed by atoms with van der Waals surface area (Å²) in [6, 6.07) is 17.3. The third-order valence-corrected chi connectivity index (χ3v) is 9.84. The molecule has 2 fully saturated rings. The van der Waals surface area contributed by atoms with E-state index in [1.165, 1.54) is 5.56 Å². The monoisotopic (exact) mass is 697 g/mol. The van der Waals surface area contributed by atoms with E-state index in [0.29, 0.717) is 47.2 Å². The molecule has 6 rings (SSSR count). The normalized spacial score (nSPS) is 24.1. The number of likely N-dealkylation sites (tertiary alicyclic amines) is 1. The van der Waals surface area contributed by atoms with Crippen LogP contribution in [0.1, 0.15) is 60.0 Å². The molecule has 5 unspecified atom stereocenters. The van der Waals surface area contributed by atoms with E-state index in [0.717, 1.165) is 29.7 Å². The summed E-state index contributed by atoms with van der Waals surface area (Å²) in [5, 5.41) is 12.3. The van der Waals surface area contributed by atoms with Gasteiger partial charge in [-0.15, -0.1) is 0 Å². The highest BCUT2D eigenvalue weighted by Crippen LogP contribution is 2.43. The fraction of sp³-hybridized carbons (Fsp3) is 0.459. The van der Waals surface area contributed by atoms with Crippen molar-refractivity contribution in [1.82, 2.24) is 9.80 Å². The molecule has 3 heterocycles. The number of aliphatic hydroxyl groups excluding tert-OH is 1. The van der Waals surface area contributed by atoms with E-state index in [2.05, 4.69) is 17.1 Å². The maximum Gasteiger partial charge on any atom is 0.471 e. The number of fused-ring (bicyclic) bond motifs is 1. The number of rotatable bonds is 9. The smallest absolute Gasteiger partial charge is 0.471 e. The Morgan fingerprint density at radius 2 is 1.68 bits per heavy atom. The molecule has 13 heteroatoms. The van der Waals surface area contributed by atoms with Gasteiger partial charge in [-0.05, 0) is 65.8 Å². The molecule has 10 nitrogen and oxygen atoms in total. The number of nitrogens with zero attached hydrogens (tertiary/aromatic N) is 2. The van der Waals surface area contributed by atoms with Crippen LogP contribution in [0.2, 0.25) is 0 Å². The van der Waals surface area contributed by atoms with Crippen molar-refractivity contribution in [3.8, 4) is 11.5 Å². The highest BCUT2D eigenvalue weighted by Gasteiger charge is 2.48. The second kappa shape index (κ2) is 15.0. The highest BCUT2D eigenvalue weighted by molar-refractivity contribution is 5.98. The number of halogens is 3. The van der Waals surface area contributed by atoms with Crippen molar-refractivity contribution in [1.29, 1.82) is 0 Å². The van der Waals surface area contributed by atoms with E-state index >= 15 is 0 Å². The SMILES string of the molecule is COc1cc2c(cc1OC)CN(CC1OC(c3cccc(NC(=O)C4CCCN4C(=O)C(F)(F)F)c3)OC(c3ccc(CO)cc3)C1C)CC2. The minimum atomic E-state index is -5.06. The lowest BCUT2D eigenvalue weighted by atomic mass is 9.89. The van der Waals surface area contributed by atoms with Gasteiger partial charge in [0.2, 0.25) is 5.91 Å². The van der Waals surface area contributed by atoms with Crippen molar-refractivity contribution < 1.29 is 46.8 Å². The minimum Gasteiger partial charge on any atom is -0.493 e. The van der Waals surface area contributed by atoms with Gasteiger partial charge in [-0.3, -0.25) is 14.5 Å². The molecule has 0 saturated carbocycles. The largest absolute Gasteiger partial charge is 0.493 e. The summed E-state index contributed by atoms with van der Waals surface area (Å²) in [6.45, 7) is 3.99. The van der Waals surface area contributed by atoms with Gasteiger partial charge in [-0.25, -0.2) is 0 Å². The zero-order valence-electron chi connectivity index (χ0n) is 28.2. The average Bonchev–Trinajstić information content (AvgIpc) is 3.61. The molecule has 5 atom stereocenters. The molecule has 268 valence electrons. The number of nitrogens with one attached hydrogen (secondary N) is 1. The van der Waals surface area contributed by atoms with E-state index in [1.54, 1.807) is 32.4 Å². The lowest BCUT2D eigenvalue weighted by molar-refractivity contribution is -0.276. The van der Waals surface area contributed by atoms with E-state index in [1.807, 2.05) is 42.5 Å². The van der Waals surface area contributed by atoms with Gasteiger partial charge in [0.05, 0.1) is 33.0 Å². The Bertz CT molecular complexity index is 1690. The van der Waals surface area contributed by atoms with Crippen molar-refractivity contribution in [3.63, 3.8) is 0 Å². The van der Waals surface area contributed by atoms with Gasteiger partial charge in [0.1, 0.15) is 6.04 Å². The number of carbonyl (C=O) groups is 2. The standard InChI is InChI=1S/C37H42F3N3O7/c1-22-32(20-42-15-13-25-17-30(47-2)31(48-3)18-27(25)19-42)49-35(50-33(22)24-11-9-23(21-44)10-12-24)26-6-4-7-28(16-26)41-34(45)29-8-5-14-43(29)36(46)37(38,39)40/h4,6-7,9-12,16-18,22,29,32-33,35,44H,5,8,13-15,19-21H2,1-3H3,(H,41,45). The highest BCUT2D eigenvalue weighted by atomic mass is 19.4. The number of anilines is 1. The molecule has 0 aliphatic carbocycles. The van der Waals surface area contributed by atoms with Crippen LogP contribution in [0.4, 0.5) is 18.9 Å². The third-order valence-electron chi connectivity index (χ3n) is 9.84. The number of benzene rings is 3. The van der Waals surface area contributed by atoms with Crippen LogP contribution in [0.25, 0.3) is 0 Å². The van der Waals surface area contributed by atoms with Crippen LogP contribution < -0.4 is 14.8 Å². The van der Waals surface area contributed by atoms with Crippen LogP contribution in [0, 0.1) is 5.92 Å². The number of amides is 2. The molecule has 2 N–H and O–H groups in total. The van der Waals surface area contributed by atoms with Crippen LogP contribution in [0.5, 0.6) is 11.5 Å². The van der Waals surface area contributed by atoms with Crippen molar-refractivity contribution in [2.45, 2.75) is 70.1 Å². The van der Waals surface area contributed by atoms with Crippen molar-refractivity contribution in [3.05, 3.63) is 88.5 Å². The van der Waals surface area contributed by atoms with E-state index in [4.69, 9.17) is 18.9 Å². The molecule has 3 aromatic carbocycles. The van der Waals surface area contributed by atoms with Gasteiger partial charge >= 0.3 is 12.1 Å². The van der Waals surface area contributed by atoms with Gasteiger partial charge in [-0.2, -0.15) is 13.2 Å². The summed E-state index contributed by atoms with van der Waals surface area (Å²) >= 11 is 0. The van der Waals surface area contributed by atoms with E-state index in [-0.39, 0.29) is 37.7 Å². The van der Waals surface area contributed by atoms with Crippen LogP contribution in [-0.2, 0) is 38.6 Å². The Balaban J connectivity index is 1.22. The Morgan fingerprint density at radius 3 is 2.36 bits per heavy atom. The number of hydrogen-bond donors (Lipinski definition) is 2. The second-order valence-corrected chi connectivity index (χ2v) is 13.1. The molecule has 0 bridgehead atoms. The summed E-state index contributed by atoms with van der Waals surface area (Å²) < 4.78 is 63.8. The van der Waals surface area contributed by atoms with Gasteiger partial charge in [-0.1, -0.05) is 43.3 Å². The number of methoxy groups -OCH3 is 2. The molecular formula is C37H42F3N3O7. The molecule has 0 spiro atoms. The van der Waals surface area contributed by atoms with E-state index < -0.39 is 30.3 Å². The lowest BCUT2D eigenvalue weighted by Crippen LogP contribution is -2.48. The first-order valence-corrected chi connectivity index (χ1v) is 16.7. The maximum atomic E-state index is 13.2. The topological polar surface area (TPSA) is 110 Å². The number of ether oxygens (including phenoxy) is 4. The Labute approximate surface area is 289 Å². The molecule has 2 amide bonds. The molecule has 3 aromatic rings. The molecule has 0 aromatic heterocycles. The molecule has 50 heavy (non-hydrogen) atoms. The molecular weight excluding hydrogens is 655 g/mol. The van der Waals surface area contributed by atoms with Crippen molar-refractivity contribution in [2.75, 3.05) is 39.2 Å². The summed E-state index contributed by atoms with van der Waals surface area (Å²) in [5.41, 5.74) is 5.04. The van der Waals surface area contributed by atoms with Crippen molar-refractivity contribution >= 4 is 17.5 Å². The Morgan fingerprint density at radius 1 is 0.960 bits per heavy atom. The van der Waals surface area contributed by atoms with Gasteiger partial charge in [0.15, 0.2) is 17.8 Å². The second-order valence-electron chi connectivity index (χ2n) is 13.1. The lowest BCUT2D eigenvalue weighted by Gasteiger charge is -2.43. The number of aliphatic hydroxyl groups is 1. The number of carbonyl (C=O) groups excluding carboxylic acids is 2. The van der Waals surface area contributed by atoms with Crippen LogP contribution >= 0.6 is 0 Å². The van der Waals surface area contributed by atoms with E-state index in [9.17, 15) is 27.9 Å².